The minimum absolute atomic E-state index is 0.119. The van der Waals surface area contributed by atoms with Crippen molar-refractivity contribution in [1.29, 1.82) is 0 Å². The molecule has 1 aliphatic rings. The summed E-state index contributed by atoms with van der Waals surface area (Å²) in [6.07, 6.45) is 7.40. The van der Waals surface area contributed by atoms with Gasteiger partial charge in [0, 0.05) is 24.6 Å². The van der Waals surface area contributed by atoms with Crippen molar-refractivity contribution in [3.63, 3.8) is 0 Å². The smallest absolute Gasteiger partial charge is 0.193 e. The van der Waals surface area contributed by atoms with Crippen LogP contribution in [0.1, 0.15) is 79.6 Å². The van der Waals surface area contributed by atoms with Gasteiger partial charge in [0.2, 0.25) is 0 Å². The number of carbonyl (C=O) groups is 1. The molecule has 0 bridgehead atoms. The molecule has 0 aromatic heterocycles. The van der Waals surface area contributed by atoms with Crippen LogP contribution >= 0.6 is 11.6 Å². The molecule has 4 heteroatoms. The number of halogens is 1. The molecule has 0 aromatic carbocycles. The van der Waals surface area contributed by atoms with Crippen molar-refractivity contribution < 1.29 is 9.22 Å². The van der Waals surface area contributed by atoms with Gasteiger partial charge in [0.25, 0.3) is 0 Å². The first-order valence-electron chi connectivity index (χ1n) is 11.2. The van der Waals surface area contributed by atoms with Gasteiger partial charge < -0.3 is 4.43 Å². The van der Waals surface area contributed by atoms with Crippen molar-refractivity contribution >= 4 is 25.7 Å². The average molecular weight is 427 g/mol. The highest BCUT2D eigenvalue weighted by atomic mass is 35.5. The van der Waals surface area contributed by atoms with E-state index in [0.717, 1.165) is 18.7 Å². The molecule has 2 nitrogen and oxygen atoms in total. The molecule has 1 aliphatic carbocycles. The van der Waals surface area contributed by atoms with Gasteiger partial charge in [0.15, 0.2) is 8.32 Å². The molecule has 0 aromatic rings. The lowest BCUT2D eigenvalue weighted by Crippen LogP contribution is -2.40. The van der Waals surface area contributed by atoms with Crippen LogP contribution in [-0.2, 0) is 9.22 Å². The first-order chi connectivity index (χ1) is 13.0. The van der Waals surface area contributed by atoms with Crippen molar-refractivity contribution in [2.24, 2.45) is 23.7 Å². The predicted octanol–water partition coefficient (Wildman–Crippen LogP) is 7.07. The normalized spacial score (nSPS) is 23.2. The molecule has 0 unspecified atom stereocenters. The molecule has 0 aliphatic heterocycles. The quantitative estimate of drug-likeness (QED) is 0.161. The first-order valence-corrected chi connectivity index (χ1v) is 14.6. The van der Waals surface area contributed by atoms with Crippen LogP contribution in [0, 0.1) is 35.5 Å². The van der Waals surface area contributed by atoms with E-state index >= 15 is 0 Å². The Hall–Kier alpha value is -0.303. The van der Waals surface area contributed by atoms with Crippen molar-refractivity contribution in [1.82, 2.24) is 0 Å². The monoisotopic (exact) mass is 426 g/mol. The SMILES string of the molecule is CC(C)[C@@H]1[C@@H](CCCCCCCl)CC(=O)[C@H]1CC#CCO[Si](C)(C)C(C)(C)C. The van der Waals surface area contributed by atoms with Crippen LogP contribution < -0.4 is 0 Å². The largest absolute Gasteiger partial charge is 0.406 e. The summed E-state index contributed by atoms with van der Waals surface area (Å²) >= 11 is 5.76. The number of carbonyl (C=O) groups excluding carboxylic acids is 1. The molecule has 1 rings (SSSR count). The second kappa shape index (κ2) is 11.8. The van der Waals surface area contributed by atoms with Crippen molar-refractivity contribution in [2.45, 2.75) is 97.7 Å². The Kier molecular flexibility index (Phi) is 10.8. The summed E-state index contributed by atoms with van der Waals surface area (Å²) in [5.74, 6) is 9.36. The zero-order valence-electron chi connectivity index (χ0n) is 19.4. The van der Waals surface area contributed by atoms with E-state index in [2.05, 4.69) is 59.6 Å². The van der Waals surface area contributed by atoms with Gasteiger partial charge in [-0.25, -0.2) is 0 Å². The van der Waals surface area contributed by atoms with Gasteiger partial charge in [-0.2, -0.15) is 0 Å². The average Bonchev–Trinajstić information content (AvgIpc) is 2.89. The third kappa shape index (κ3) is 7.85. The van der Waals surface area contributed by atoms with Gasteiger partial charge >= 0.3 is 0 Å². The standard InChI is InChI=1S/C24H43ClO2Si/c1-19(2)23-20(14-10-8-9-12-16-25)18-22(26)21(23)15-11-13-17-27-28(6,7)24(3,4)5/h19-21,23H,8-10,12,14-18H2,1-7H3/t20-,21+,23+/m0/s1. The van der Waals surface area contributed by atoms with Crippen LogP contribution in [0.25, 0.3) is 0 Å². The number of rotatable bonds is 10. The van der Waals surface area contributed by atoms with Crippen molar-refractivity contribution in [3.8, 4) is 11.8 Å². The lowest BCUT2D eigenvalue weighted by molar-refractivity contribution is -0.121. The van der Waals surface area contributed by atoms with Gasteiger partial charge in [0.05, 0.1) is 6.61 Å². The maximum absolute atomic E-state index is 12.7. The zero-order chi connectivity index (χ0) is 21.4. The van der Waals surface area contributed by atoms with E-state index in [1.54, 1.807) is 0 Å². The number of hydrogen-bond acceptors (Lipinski definition) is 2. The van der Waals surface area contributed by atoms with Crippen LogP contribution in [0.5, 0.6) is 0 Å². The van der Waals surface area contributed by atoms with Gasteiger partial charge in [0.1, 0.15) is 5.78 Å². The Morgan fingerprint density at radius 2 is 1.79 bits per heavy atom. The minimum atomic E-state index is -1.74. The van der Waals surface area contributed by atoms with Gasteiger partial charge in [-0.15, -0.1) is 17.5 Å². The molecule has 162 valence electrons. The van der Waals surface area contributed by atoms with Crippen LogP contribution in [0.15, 0.2) is 0 Å². The highest BCUT2D eigenvalue weighted by Crippen LogP contribution is 2.43. The van der Waals surface area contributed by atoms with Crippen LogP contribution in [0.2, 0.25) is 18.1 Å². The molecule has 0 radical (unpaired) electrons. The zero-order valence-corrected chi connectivity index (χ0v) is 21.1. The second-order valence-electron chi connectivity index (χ2n) is 10.4. The molecule has 0 amide bonds. The Balaban J connectivity index is 2.57. The molecular weight excluding hydrogens is 384 g/mol. The highest BCUT2D eigenvalue weighted by molar-refractivity contribution is 6.74. The van der Waals surface area contributed by atoms with E-state index in [9.17, 15) is 4.79 Å². The highest BCUT2D eigenvalue weighted by Gasteiger charge is 2.42. The minimum Gasteiger partial charge on any atom is -0.406 e. The Bertz CT molecular complexity index is 539. The Labute approximate surface area is 180 Å². The van der Waals surface area contributed by atoms with E-state index in [-0.39, 0.29) is 11.0 Å². The van der Waals surface area contributed by atoms with Gasteiger partial charge in [-0.1, -0.05) is 59.8 Å². The van der Waals surface area contributed by atoms with Crippen LogP contribution in [0.4, 0.5) is 0 Å². The molecule has 0 spiro atoms. The Morgan fingerprint density at radius 1 is 1.14 bits per heavy atom. The summed E-state index contributed by atoms with van der Waals surface area (Å²) in [6.45, 7) is 16.3. The fraction of sp³-hybridized carbons (Fsp3) is 0.875. The number of Topliss-reactive ketones (excluding diaryl/α,β-unsaturated/α-hetero) is 1. The number of unbranched alkanes of at least 4 members (excludes halogenated alkanes) is 3. The van der Waals surface area contributed by atoms with Gasteiger partial charge in [-0.05, 0) is 48.7 Å². The molecule has 0 saturated heterocycles. The van der Waals surface area contributed by atoms with E-state index in [1.165, 1.54) is 25.7 Å². The number of ketones is 1. The summed E-state index contributed by atoms with van der Waals surface area (Å²) in [5, 5.41) is 0.204. The molecule has 3 atom stereocenters. The predicted molar refractivity (Wildman–Crippen MR) is 124 cm³/mol. The molecule has 1 fully saturated rings. The molecular formula is C24H43ClO2Si. The van der Waals surface area contributed by atoms with E-state index in [0.29, 0.717) is 36.6 Å². The van der Waals surface area contributed by atoms with E-state index in [1.807, 2.05) is 0 Å². The van der Waals surface area contributed by atoms with Crippen molar-refractivity contribution in [2.75, 3.05) is 12.5 Å². The fourth-order valence-corrected chi connectivity index (χ4v) is 5.22. The Morgan fingerprint density at radius 3 is 2.36 bits per heavy atom. The second-order valence-corrected chi connectivity index (χ2v) is 15.5. The third-order valence-electron chi connectivity index (χ3n) is 6.87. The molecule has 0 N–H and O–H groups in total. The van der Waals surface area contributed by atoms with E-state index in [4.69, 9.17) is 16.0 Å². The lowest BCUT2D eigenvalue weighted by Gasteiger charge is -2.35. The fourth-order valence-electron chi connectivity index (χ4n) is 4.16. The maximum Gasteiger partial charge on any atom is 0.193 e. The topological polar surface area (TPSA) is 26.3 Å². The summed E-state index contributed by atoms with van der Waals surface area (Å²) in [6, 6.07) is 0. The summed E-state index contributed by atoms with van der Waals surface area (Å²) in [4.78, 5) is 12.7. The number of hydrogen-bond donors (Lipinski definition) is 0. The maximum atomic E-state index is 12.7. The summed E-state index contributed by atoms with van der Waals surface area (Å²) < 4.78 is 6.14. The lowest BCUT2D eigenvalue weighted by atomic mass is 9.77. The molecule has 1 saturated carbocycles. The summed E-state index contributed by atoms with van der Waals surface area (Å²) in [5.41, 5.74) is 0. The van der Waals surface area contributed by atoms with Crippen LogP contribution in [0.3, 0.4) is 0 Å². The third-order valence-corrected chi connectivity index (χ3v) is 11.6. The number of alkyl halides is 1. The molecule has 0 heterocycles. The van der Waals surface area contributed by atoms with Crippen LogP contribution in [-0.4, -0.2) is 26.6 Å². The first kappa shape index (κ1) is 25.7. The van der Waals surface area contributed by atoms with Crippen molar-refractivity contribution in [3.05, 3.63) is 0 Å². The summed E-state index contributed by atoms with van der Waals surface area (Å²) in [7, 11) is -1.74. The van der Waals surface area contributed by atoms with Gasteiger partial charge in [-0.3, -0.25) is 4.79 Å². The van der Waals surface area contributed by atoms with E-state index < -0.39 is 8.32 Å². The molecule has 28 heavy (non-hydrogen) atoms.